The van der Waals surface area contributed by atoms with Crippen LogP contribution in [-0.4, -0.2) is 16.5 Å². The van der Waals surface area contributed by atoms with Crippen LogP contribution in [0.4, 0.5) is 5.69 Å². The Balaban J connectivity index is 2.12. The molecule has 2 aromatic rings. The minimum absolute atomic E-state index is 0.0717. The quantitative estimate of drug-likeness (QED) is 0.761. The normalized spacial score (nSPS) is 15.8. The summed E-state index contributed by atoms with van der Waals surface area (Å²) in [6.45, 7) is 0. The molecule has 0 radical (unpaired) electrons. The Morgan fingerprint density at radius 1 is 0.944 bits per heavy atom. The van der Waals surface area contributed by atoms with Crippen molar-refractivity contribution >= 4 is 17.2 Å². The van der Waals surface area contributed by atoms with Gasteiger partial charge < -0.3 is 0 Å². The van der Waals surface area contributed by atoms with Crippen LogP contribution in [0.1, 0.15) is 16.1 Å². The molecule has 0 saturated heterocycles. The summed E-state index contributed by atoms with van der Waals surface area (Å²) in [5, 5.41) is 0. The molecule has 1 aliphatic carbocycles. The number of fused-ring (bicyclic) bond motifs is 1. The Bertz CT molecular complexity index is 657. The Kier molecular flexibility index (Phi) is 2.57. The molecule has 0 spiro atoms. The zero-order valence-corrected chi connectivity index (χ0v) is 9.58. The summed E-state index contributed by atoms with van der Waals surface area (Å²) < 4.78 is 0. The third-order valence-corrected chi connectivity index (χ3v) is 2.72. The maximum absolute atomic E-state index is 11.7. The average Bonchev–Trinajstić information content (AvgIpc) is 2.44. The van der Waals surface area contributed by atoms with Crippen LogP contribution in [0.2, 0.25) is 0 Å². The molecule has 0 bridgehead atoms. The molecule has 86 valence electrons. The lowest BCUT2D eigenvalue weighted by molar-refractivity contribution is 0.104. The van der Waals surface area contributed by atoms with Gasteiger partial charge in [0.15, 0.2) is 0 Å². The molecule has 3 heteroatoms. The second kappa shape index (κ2) is 4.37. The summed E-state index contributed by atoms with van der Waals surface area (Å²) in [7, 11) is 0. The van der Waals surface area contributed by atoms with Gasteiger partial charge in [-0.15, -0.1) is 0 Å². The number of benzene rings is 1. The largest absolute Gasteiger partial charge is 0.288 e. The number of aliphatic imine (C=N–C) groups is 1. The molecule has 1 aliphatic rings. The van der Waals surface area contributed by atoms with Crippen molar-refractivity contribution in [2.75, 3.05) is 0 Å². The van der Waals surface area contributed by atoms with E-state index in [9.17, 15) is 4.79 Å². The number of ketones is 1. The summed E-state index contributed by atoms with van der Waals surface area (Å²) >= 11 is 0. The molecule has 3 rings (SSSR count). The van der Waals surface area contributed by atoms with E-state index in [0.717, 1.165) is 17.0 Å². The van der Waals surface area contributed by atoms with E-state index < -0.39 is 0 Å². The fraction of sp³-hybridized carbons (Fsp3) is 0. The predicted molar refractivity (Wildman–Crippen MR) is 70.3 cm³/mol. The zero-order valence-electron chi connectivity index (χ0n) is 9.58. The third-order valence-electron chi connectivity index (χ3n) is 2.72. The molecule has 1 aromatic carbocycles. The van der Waals surface area contributed by atoms with Crippen LogP contribution in [0.3, 0.4) is 0 Å². The van der Waals surface area contributed by atoms with Crippen LogP contribution in [0.5, 0.6) is 0 Å². The van der Waals surface area contributed by atoms with Crippen LogP contribution in [0.25, 0.3) is 0 Å². The Morgan fingerprint density at radius 3 is 2.61 bits per heavy atom. The zero-order chi connectivity index (χ0) is 12.4. The summed E-state index contributed by atoms with van der Waals surface area (Å²) in [6.07, 6.45) is 4.87. The Morgan fingerprint density at radius 2 is 1.78 bits per heavy atom. The monoisotopic (exact) mass is 234 g/mol. The SMILES string of the molecule is O=C1C=CC(=Nc2ccccc2)c2cccnc21. The molecular formula is C15H10N2O. The van der Waals surface area contributed by atoms with Crippen LogP contribution in [-0.2, 0) is 0 Å². The first-order valence-corrected chi connectivity index (χ1v) is 5.66. The molecule has 0 saturated carbocycles. The number of rotatable bonds is 1. The van der Waals surface area contributed by atoms with Gasteiger partial charge in [-0.2, -0.15) is 0 Å². The minimum Gasteiger partial charge on any atom is -0.288 e. The summed E-state index contributed by atoms with van der Waals surface area (Å²) in [4.78, 5) is 20.3. The second-order valence-corrected chi connectivity index (χ2v) is 3.93. The fourth-order valence-corrected chi connectivity index (χ4v) is 1.87. The number of aromatic nitrogens is 1. The first-order chi connectivity index (χ1) is 8.84. The number of carbonyl (C=O) groups is 1. The molecule has 0 atom stereocenters. The van der Waals surface area contributed by atoms with Gasteiger partial charge in [-0.05, 0) is 36.4 Å². The standard InChI is InChI=1S/C15H10N2O/c18-14-9-8-13(12-7-4-10-16-15(12)14)17-11-5-2-1-3-6-11/h1-10H. The Labute approximate surface area is 105 Å². The van der Waals surface area contributed by atoms with Gasteiger partial charge in [0.1, 0.15) is 5.69 Å². The lowest BCUT2D eigenvalue weighted by atomic mass is 9.99. The molecule has 0 fully saturated rings. The summed E-state index contributed by atoms with van der Waals surface area (Å²) in [5.74, 6) is -0.0717. The molecule has 3 nitrogen and oxygen atoms in total. The number of allylic oxidation sites excluding steroid dienone is 2. The van der Waals surface area contributed by atoms with E-state index in [4.69, 9.17) is 0 Å². The van der Waals surface area contributed by atoms with Crippen molar-refractivity contribution in [2.45, 2.75) is 0 Å². The van der Waals surface area contributed by atoms with E-state index in [1.165, 1.54) is 6.08 Å². The van der Waals surface area contributed by atoms with Gasteiger partial charge in [0.2, 0.25) is 5.78 Å². The second-order valence-electron chi connectivity index (χ2n) is 3.93. The van der Waals surface area contributed by atoms with Crippen molar-refractivity contribution in [3.63, 3.8) is 0 Å². The molecule has 1 heterocycles. The minimum atomic E-state index is -0.0717. The molecule has 1 aromatic heterocycles. The number of carbonyl (C=O) groups excluding carboxylic acids is 1. The van der Waals surface area contributed by atoms with Crippen molar-refractivity contribution < 1.29 is 4.79 Å². The lowest BCUT2D eigenvalue weighted by Crippen LogP contribution is -2.13. The molecule has 0 amide bonds. The van der Waals surface area contributed by atoms with Crippen molar-refractivity contribution in [2.24, 2.45) is 4.99 Å². The van der Waals surface area contributed by atoms with Crippen LogP contribution in [0.15, 0.2) is 65.8 Å². The van der Waals surface area contributed by atoms with Crippen LogP contribution in [0, 0.1) is 0 Å². The van der Waals surface area contributed by atoms with E-state index in [1.54, 1.807) is 12.3 Å². The van der Waals surface area contributed by atoms with E-state index in [-0.39, 0.29) is 5.78 Å². The first-order valence-electron chi connectivity index (χ1n) is 5.66. The number of para-hydroxylation sites is 1. The highest BCUT2D eigenvalue weighted by Gasteiger charge is 2.17. The predicted octanol–water partition coefficient (Wildman–Crippen LogP) is 2.95. The molecule has 18 heavy (non-hydrogen) atoms. The molecule has 0 N–H and O–H groups in total. The number of hydrogen-bond acceptors (Lipinski definition) is 3. The highest BCUT2D eigenvalue weighted by atomic mass is 16.1. The summed E-state index contributed by atoms with van der Waals surface area (Å²) in [6, 6.07) is 13.3. The van der Waals surface area contributed by atoms with Gasteiger partial charge in [0.25, 0.3) is 0 Å². The maximum Gasteiger partial charge on any atom is 0.204 e. The van der Waals surface area contributed by atoms with Crippen LogP contribution >= 0.6 is 0 Å². The van der Waals surface area contributed by atoms with Gasteiger partial charge in [-0.3, -0.25) is 9.78 Å². The first kappa shape index (κ1) is 10.6. The number of hydrogen-bond donors (Lipinski definition) is 0. The highest BCUT2D eigenvalue weighted by Crippen LogP contribution is 2.19. The molecular weight excluding hydrogens is 224 g/mol. The number of nitrogens with zero attached hydrogens (tertiary/aromatic N) is 2. The van der Waals surface area contributed by atoms with Crippen molar-refractivity contribution in [1.82, 2.24) is 4.98 Å². The van der Waals surface area contributed by atoms with Crippen molar-refractivity contribution in [1.29, 1.82) is 0 Å². The van der Waals surface area contributed by atoms with Crippen LogP contribution < -0.4 is 0 Å². The number of pyridine rings is 1. The lowest BCUT2D eigenvalue weighted by Gasteiger charge is -2.10. The third kappa shape index (κ3) is 1.86. The Hall–Kier alpha value is -2.55. The average molecular weight is 234 g/mol. The van der Waals surface area contributed by atoms with E-state index in [2.05, 4.69) is 9.98 Å². The topological polar surface area (TPSA) is 42.3 Å². The van der Waals surface area contributed by atoms with E-state index >= 15 is 0 Å². The van der Waals surface area contributed by atoms with Crippen molar-refractivity contribution in [3.8, 4) is 0 Å². The van der Waals surface area contributed by atoms with Gasteiger partial charge in [-0.25, -0.2) is 4.99 Å². The van der Waals surface area contributed by atoms with E-state index in [0.29, 0.717) is 5.69 Å². The van der Waals surface area contributed by atoms with Gasteiger partial charge >= 0.3 is 0 Å². The fourth-order valence-electron chi connectivity index (χ4n) is 1.87. The van der Waals surface area contributed by atoms with Gasteiger partial charge in [0.05, 0.1) is 11.4 Å². The molecule has 0 aliphatic heterocycles. The van der Waals surface area contributed by atoms with Crippen molar-refractivity contribution in [3.05, 3.63) is 72.1 Å². The smallest absolute Gasteiger partial charge is 0.204 e. The van der Waals surface area contributed by atoms with Gasteiger partial charge in [-0.1, -0.05) is 18.2 Å². The van der Waals surface area contributed by atoms with Gasteiger partial charge in [0, 0.05) is 11.8 Å². The maximum atomic E-state index is 11.7. The molecule has 0 unspecified atom stereocenters. The highest BCUT2D eigenvalue weighted by molar-refractivity contribution is 6.23. The van der Waals surface area contributed by atoms with E-state index in [1.807, 2.05) is 42.5 Å². The summed E-state index contributed by atoms with van der Waals surface area (Å²) in [5.41, 5.74) is 2.88.